The highest BCUT2D eigenvalue weighted by molar-refractivity contribution is 7.80. The quantitative estimate of drug-likeness (QED) is 0.663. The van der Waals surface area contributed by atoms with Gasteiger partial charge in [0, 0.05) is 9.60 Å². The Labute approximate surface area is 88.0 Å². The lowest BCUT2D eigenvalue weighted by atomic mass is 10.0. The summed E-state index contributed by atoms with van der Waals surface area (Å²) in [4.78, 5) is 1.16. The first-order chi connectivity index (χ1) is 6.20. The summed E-state index contributed by atoms with van der Waals surface area (Å²) in [5.74, 6) is 0.555. The van der Waals surface area contributed by atoms with Gasteiger partial charge in [-0.3, -0.25) is 0 Å². The molecule has 2 aromatic rings. The van der Waals surface area contributed by atoms with E-state index in [-0.39, 0.29) is 0 Å². The van der Waals surface area contributed by atoms with Crippen molar-refractivity contribution in [2.45, 2.75) is 24.7 Å². The maximum absolute atomic E-state index is 4.58. The van der Waals surface area contributed by atoms with Crippen molar-refractivity contribution in [3.63, 3.8) is 0 Å². The minimum absolute atomic E-state index is 0.555. The van der Waals surface area contributed by atoms with Crippen LogP contribution in [-0.2, 0) is 0 Å². The summed E-state index contributed by atoms with van der Waals surface area (Å²) >= 11 is 6.35. The molecule has 0 unspecified atom stereocenters. The zero-order chi connectivity index (χ0) is 9.42. The summed E-state index contributed by atoms with van der Waals surface area (Å²) in [5.41, 5.74) is 1.35. The van der Waals surface area contributed by atoms with Gasteiger partial charge in [-0.15, -0.1) is 24.0 Å². The van der Waals surface area contributed by atoms with Gasteiger partial charge in [0.05, 0.1) is 0 Å². The fourth-order valence-corrected chi connectivity index (χ4v) is 2.97. The van der Waals surface area contributed by atoms with Gasteiger partial charge in [-0.05, 0) is 28.3 Å². The molecule has 0 amide bonds. The van der Waals surface area contributed by atoms with Crippen LogP contribution in [0.3, 0.4) is 0 Å². The zero-order valence-corrected chi connectivity index (χ0v) is 9.45. The maximum atomic E-state index is 4.58. The Kier molecular flexibility index (Phi) is 2.35. The minimum atomic E-state index is 0.555. The van der Waals surface area contributed by atoms with E-state index in [1.165, 1.54) is 15.6 Å². The lowest BCUT2D eigenvalue weighted by molar-refractivity contribution is 0.848. The van der Waals surface area contributed by atoms with Crippen molar-refractivity contribution in [3.05, 3.63) is 29.1 Å². The summed E-state index contributed by atoms with van der Waals surface area (Å²) < 4.78 is 1.31. The van der Waals surface area contributed by atoms with Crippen LogP contribution in [-0.4, -0.2) is 0 Å². The Morgan fingerprint density at radius 2 is 2.00 bits per heavy atom. The second-order valence-electron chi connectivity index (χ2n) is 3.50. The predicted molar refractivity (Wildman–Crippen MR) is 63.2 cm³/mol. The Hall–Kier alpha value is -0.470. The molecule has 0 aliphatic carbocycles. The molecule has 0 nitrogen and oxygen atoms in total. The molecular weight excluding hydrogens is 196 g/mol. The molecule has 0 fully saturated rings. The maximum Gasteiger partial charge on any atom is 0.0478 e. The Morgan fingerprint density at radius 1 is 1.23 bits per heavy atom. The van der Waals surface area contributed by atoms with Crippen LogP contribution < -0.4 is 0 Å². The van der Waals surface area contributed by atoms with Gasteiger partial charge in [-0.2, -0.15) is 0 Å². The van der Waals surface area contributed by atoms with Gasteiger partial charge in [0.15, 0.2) is 0 Å². The fourth-order valence-electron chi connectivity index (χ4n) is 1.50. The van der Waals surface area contributed by atoms with Gasteiger partial charge in [0.25, 0.3) is 0 Å². The summed E-state index contributed by atoms with van der Waals surface area (Å²) in [6.45, 7) is 4.41. The van der Waals surface area contributed by atoms with Crippen LogP contribution in [0, 0.1) is 0 Å². The summed E-state index contributed by atoms with van der Waals surface area (Å²) in [5, 5.41) is 3.42. The van der Waals surface area contributed by atoms with Crippen molar-refractivity contribution in [3.8, 4) is 0 Å². The molecule has 2 heteroatoms. The third-order valence-electron chi connectivity index (χ3n) is 2.25. The van der Waals surface area contributed by atoms with E-state index in [2.05, 4.69) is 50.1 Å². The van der Waals surface area contributed by atoms with Crippen molar-refractivity contribution < 1.29 is 0 Å². The van der Waals surface area contributed by atoms with Crippen LogP contribution in [0.25, 0.3) is 10.1 Å². The molecule has 1 heterocycles. The standard InChI is InChI=1S/C11H12S2/c1-7(2)9-4-3-8-5-6-13-11(8)10(9)12/h3-7,12H,1-2H3. The Balaban J connectivity index is 2.73. The van der Waals surface area contributed by atoms with Crippen molar-refractivity contribution in [1.29, 1.82) is 0 Å². The van der Waals surface area contributed by atoms with Gasteiger partial charge in [-0.1, -0.05) is 26.0 Å². The van der Waals surface area contributed by atoms with Gasteiger partial charge >= 0.3 is 0 Å². The molecule has 0 N–H and O–H groups in total. The second kappa shape index (κ2) is 3.35. The first-order valence-electron chi connectivity index (χ1n) is 4.39. The monoisotopic (exact) mass is 208 g/mol. The van der Waals surface area contributed by atoms with Crippen molar-refractivity contribution in [2.24, 2.45) is 0 Å². The number of thiophene rings is 1. The van der Waals surface area contributed by atoms with Gasteiger partial charge in [0.2, 0.25) is 0 Å². The zero-order valence-electron chi connectivity index (χ0n) is 7.74. The molecule has 0 saturated carbocycles. The lowest BCUT2D eigenvalue weighted by Gasteiger charge is -2.08. The largest absolute Gasteiger partial charge is 0.143 e. The molecule has 0 aliphatic rings. The minimum Gasteiger partial charge on any atom is -0.143 e. The van der Waals surface area contributed by atoms with E-state index in [9.17, 15) is 0 Å². The van der Waals surface area contributed by atoms with Crippen molar-refractivity contribution >= 4 is 34.1 Å². The molecule has 2 rings (SSSR count). The molecule has 1 aromatic carbocycles. The average molecular weight is 208 g/mol. The molecule has 13 heavy (non-hydrogen) atoms. The van der Waals surface area contributed by atoms with Crippen LogP contribution in [0.5, 0.6) is 0 Å². The number of hydrogen-bond donors (Lipinski definition) is 1. The van der Waals surface area contributed by atoms with Crippen LogP contribution >= 0.6 is 24.0 Å². The highest BCUT2D eigenvalue weighted by Gasteiger charge is 2.07. The van der Waals surface area contributed by atoms with E-state index in [1.807, 2.05) is 0 Å². The fraction of sp³-hybridized carbons (Fsp3) is 0.273. The third-order valence-corrected chi connectivity index (χ3v) is 3.83. The average Bonchev–Trinajstić information content (AvgIpc) is 2.52. The number of thiol groups is 1. The Morgan fingerprint density at radius 3 is 2.69 bits per heavy atom. The smallest absolute Gasteiger partial charge is 0.0478 e. The topological polar surface area (TPSA) is 0 Å². The SMILES string of the molecule is CC(C)c1ccc2ccsc2c1S. The molecule has 0 aliphatic heterocycles. The molecular formula is C11H12S2. The van der Waals surface area contributed by atoms with E-state index in [1.54, 1.807) is 11.3 Å². The van der Waals surface area contributed by atoms with Gasteiger partial charge in [-0.25, -0.2) is 0 Å². The first-order valence-corrected chi connectivity index (χ1v) is 5.72. The van der Waals surface area contributed by atoms with E-state index in [0.717, 1.165) is 4.90 Å². The molecule has 1 aromatic heterocycles. The van der Waals surface area contributed by atoms with Crippen LogP contribution in [0.1, 0.15) is 25.3 Å². The summed E-state index contributed by atoms with van der Waals surface area (Å²) in [6.07, 6.45) is 0. The molecule has 68 valence electrons. The second-order valence-corrected chi connectivity index (χ2v) is 4.86. The number of fused-ring (bicyclic) bond motifs is 1. The van der Waals surface area contributed by atoms with Gasteiger partial charge < -0.3 is 0 Å². The third kappa shape index (κ3) is 1.49. The van der Waals surface area contributed by atoms with Crippen molar-refractivity contribution in [1.82, 2.24) is 0 Å². The normalized spacial score (nSPS) is 11.4. The summed E-state index contributed by atoms with van der Waals surface area (Å²) in [7, 11) is 0. The number of benzene rings is 1. The van der Waals surface area contributed by atoms with E-state index >= 15 is 0 Å². The molecule has 0 radical (unpaired) electrons. The van der Waals surface area contributed by atoms with Crippen molar-refractivity contribution in [2.75, 3.05) is 0 Å². The first kappa shape index (κ1) is 9.10. The molecule has 0 bridgehead atoms. The van der Waals surface area contributed by atoms with Gasteiger partial charge in [0.1, 0.15) is 0 Å². The predicted octanol–water partition coefficient (Wildman–Crippen LogP) is 4.31. The Bertz CT molecular complexity index is 427. The lowest BCUT2D eigenvalue weighted by Crippen LogP contribution is -1.88. The van der Waals surface area contributed by atoms with Crippen LogP contribution in [0.4, 0.5) is 0 Å². The van der Waals surface area contributed by atoms with E-state index in [0.29, 0.717) is 5.92 Å². The molecule has 0 saturated heterocycles. The molecule has 0 spiro atoms. The summed E-state index contributed by atoms with van der Waals surface area (Å²) in [6, 6.07) is 6.51. The highest BCUT2D eigenvalue weighted by atomic mass is 32.1. The van der Waals surface area contributed by atoms with Crippen LogP contribution in [0.15, 0.2) is 28.5 Å². The highest BCUT2D eigenvalue weighted by Crippen LogP contribution is 2.33. The van der Waals surface area contributed by atoms with E-state index < -0.39 is 0 Å². The van der Waals surface area contributed by atoms with Crippen LogP contribution in [0.2, 0.25) is 0 Å². The number of hydrogen-bond acceptors (Lipinski definition) is 2. The molecule has 0 atom stereocenters. The number of rotatable bonds is 1. The van der Waals surface area contributed by atoms with E-state index in [4.69, 9.17) is 0 Å².